The molecule has 0 aliphatic heterocycles. The molecule has 2 amide bonds. The van der Waals surface area contributed by atoms with Crippen molar-refractivity contribution in [2.75, 3.05) is 33.1 Å². The number of nitrogens with zero attached hydrogens (tertiary/aromatic N) is 1. The van der Waals surface area contributed by atoms with Crippen molar-refractivity contribution in [3.05, 3.63) is 61.5 Å². The summed E-state index contributed by atoms with van der Waals surface area (Å²) in [7, 11) is 4.69. The Labute approximate surface area is 184 Å². The molecule has 0 atom stereocenters. The highest BCUT2D eigenvalue weighted by molar-refractivity contribution is 6.48. The first-order valence-electron chi connectivity index (χ1n) is 8.25. The van der Waals surface area contributed by atoms with Gasteiger partial charge in [0.25, 0.3) is 0 Å². The van der Waals surface area contributed by atoms with Crippen LogP contribution >= 0.6 is 46.4 Å². The van der Waals surface area contributed by atoms with E-state index in [0.717, 1.165) is 5.56 Å². The van der Waals surface area contributed by atoms with Crippen LogP contribution in [0.5, 0.6) is 0 Å². The zero-order chi connectivity index (χ0) is 20.8. The van der Waals surface area contributed by atoms with E-state index in [9.17, 15) is 4.79 Å². The first-order chi connectivity index (χ1) is 13.3. The Morgan fingerprint density at radius 2 is 1.57 bits per heavy atom. The van der Waals surface area contributed by atoms with Crippen LogP contribution in [0.4, 0.5) is 10.5 Å². The lowest BCUT2D eigenvalue weighted by Gasteiger charge is -2.22. The first-order valence-corrected chi connectivity index (χ1v) is 9.76. The number of hydrogen-bond donors (Lipinski definition) is 1. The summed E-state index contributed by atoms with van der Waals surface area (Å²) in [4.78, 5) is 13.7. The van der Waals surface area contributed by atoms with Gasteiger partial charge < -0.3 is 19.7 Å². The molecular formula is C19H20Cl4N2O3. The topological polar surface area (TPSA) is 50.8 Å². The van der Waals surface area contributed by atoms with Gasteiger partial charge in [0.15, 0.2) is 6.29 Å². The van der Waals surface area contributed by atoms with Gasteiger partial charge in [-0.25, -0.2) is 4.79 Å². The number of rotatable bonds is 7. The molecule has 9 heteroatoms. The van der Waals surface area contributed by atoms with Gasteiger partial charge in [0.05, 0.1) is 26.6 Å². The number of carbonyl (C=O) groups is 1. The van der Waals surface area contributed by atoms with E-state index in [2.05, 4.69) is 5.32 Å². The lowest BCUT2D eigenvalue weighted by atomic mass is 10.0. The summed E-state index contributed by atoms with van der Waals surface area (Å²) in [6, 6.07) is 8.55. The van der Waals surface area contributed by atoms with Crippen molar-refractivity contribution in [3.63, 3.8) is 0 Å². The number of nitrogens with one attached hydrogen (secondary N) is 1. The summed E-state index contributed by atoms with van der Waals surface area (Å²) in [5, 5.41) is 4.26. The summed E-state index contributed by atoms with van der Waals surface area (Å²) in [5.41, 5.74) is 2.24. The van der Waals surface area contributed by atoms with Gasteiger partial charge in [-0.1, -0.05) is 58.5 Å². The average molecular weight is 466 g/mol. The van der Waals surface area contributed by atoms with Crippen LogP contribution in [0.3, 0.4) is 0 Å². The predicted octanol–water partition coefficient (Wildman–Crippen LogP) is 5.97. The van der Waals surface area contributed by atoms with Crippen LogP contribution in [-0.2, 0) is 15.9 Å². The Balaban J connectivity index is 2.05. The number of halogens is 4. The number of ether oxygens (including phenoxy) is 2. The lowest BCUT2D eigenvalue weighted by molar-refractivity contribution is -0.108. The highest BCUT2D eigenvalue weighted by Gasteiger charge is 2.16. The van der Waals surface area contributed by atoms with Crippen molar-refractivity contribution in [2.45, 2.75) is 12.7 Å². The van der Waals surface area contributed by atoms with Crippen LogP contribution in [0.2, 0.25) is 20.1 Å². The Morgan fingerprint density at radius 1 is 1.04 bits per heavy atom. The smallest absolute Gasteiger partial charge is 0.321 e. The van der Waals surface area contributed by atoms with E-state index in [1.807, 2.05) is 12.1 Å². The fraction of sp³-hybridized carbons (Fsp3) is 0.316. The highest BCUT2D eigenvalue weighted by atomic mass is 35.5. The van der Waals surface area contributed by atoms with Crippen LogP contribution in [0.15, 0.2) is 30.3 Å². The van der Waals surface area contributed by atoms with Crippen molar-refractivity contribution < 1.29 is 14.3 Å². The molecule has 0 spiro atoms. The van der Waals surface area contributed by atoms with Crippen LogP contribution in [0.25, 0.3) is 0 Å². The van der Waals surface area contributed by atoms with Crippen LogP contribution in [0.1, 0.15) is 11.1 Å². The van der Waals surface area contributed by atoms with Crippen molar-refractivity contribution in [3.8, 4) is 0 Å². The minimum absolute atomic E-state index is 0.278. The molecule has 2 rings (SSSR count). The van der Waals surface area contributed by atoms with Crippen molar-refractivity contribution >= 4 is 58.1 Å². The molecule has 0 aliphatic rings. The predicted molar refractivity (Wildman–Crippen MR) is 115 cm³/mol. The fourth-order valence-electron chi connectivity index (χ4n) is 2.46. The quantitative estimate of drug-likeness (QED) is 0.404. The number of methoxy groups -OCH3 is 2. The Bertz CT molecular complexity index is 801. The number of hydrogen-bond acceptors (Lipinski definition) is 3. The maximum atomic E-state index is 12.3. The van der Waals surface area contributed by atoms with Gasteiger partial charge in [0.1, 0.15) is 0 Å². The van der Waals surface area contributed by atoms with E-state index in [1.54, 1.807) is 19.2 Å². The Hall–Kier alpha value is -1.21. The second-order valence-electron chi connectivity index (χ2n) is 6.03. The van der Waals surface area contributed by atoms with Gasteiger partial charge in [-0.2, -0.15) is 0 Å². The maximum absolute atomic E-state index is 12.3. The molecule has 0 saturated heterocycles. The largest absolute Gasteiger partial charge is 0.354 e. The maximum Gasteiger partial charge on any atom is 0.321 e. The van der Waals surface area contributed by atoms with Crippen LogP contribution < -0.4 is 5.32 Å². The molecule has 2 aromatic carbocycles. The minimum Gasteiger partial charge on any atom is -0.354 e. The molecule has 1 N–H and O–H groups in total. The second-order valence-corrected chi connectivity index (χ2v) is 7.60. The third-order valence-electron chi connectivity index (χ3n) is 4.08. The van der Waals surface area contributed by atoms with Gasteiger partial charge in [-0.05, 0) is 29.3 Å². The van der Waals surface area contributed by atoms with E-state index >= 15 is 0 Å². The molecular weight excluding hydrogens is 446 g/mol. The molecule has 0 fully saturated rings. The van der Waals surface area contributed by atoms with Crippen molar-refractivity contribution in [2.24, 2.45) is 0 Å². The molecule has 5 nitrogen and oxygen atoms in total. The van der Waals surface area contributed by atoms with Gasteiger partial charge >= 0.3 is 6.03 Å². The SMILES string of the molecule is COC(CN(C)C(=O)Nc1ccc(Cc2c(Cl)c(Cl)cc(Cl)c2Cl)cc1)OC. The summed E-state index contributed by atoms with van der Waals surface area (Å²) < 4.78 is 10.2. The van der Waals surface area contributed by atoms with E-state index in [0.29, 0.717) is 44.3 Å². The van der Waals surface area contributed by atoms with Crippen LogP contribution in [-0.4, -0.2) is 45.0 Å². The molecule has 0 radical (unpaired) electrons. The molecule has 0 saturated carbocycles. The fourth-order valence-corrected chi connectivity index (χ4v) is 3.44. The number of carbonyl (C=O) groups excluding carboxylic acids is 1. The normalized spacial score (nSPS) is 11.0. The minimum atomic E-state index is -0.489. The number of anilines is 1. The molecule has 0 unspecified atom stereocenters. The molecule has 28 heavy (non-hydrogen) atoms. The second kappa shape index (κ2) is 10.5. The summed E-state index contributed by atoms with van der Waals surface area (Å²) in [6.07, 6.45) is -0.0350. The summed E-state index contributed by atoms with van der Waals surface area (Å²) >= 11 is 24.7. The van der Waals surface area contributed by atoms with E-state index in [4.69, 9.17) is 55.9 Å². The molecule has 0 aromatic heterocycles. The van der Waals surface area contributed by atoms with Gasteiger partial charge in [0.2, 0.25) is 0 Å². The molecule has 0 heterocycles. The lowest BCUT2D eigenvalue weighted by Crippen LogP contribution is -2.38. The number of amides is 2. The standard InChI is InChI=1S/C19H20Cl4N2O3/c1-25(10-16(27-2)28-3)19(26)24-12-6-4-11(5-7-12)8-13-17(22)14(20)9-15(21)18(13)23/h4-7,9,16H,8,10H2,1-3H3,(H,24,26). The van der Waals surface area contributed by atoms with Crippen molar-refractivity contribution in [1.82, 2.24) is 4.90 Å². The zero-order valence-corrected chi connectivity index (χ0v) is 18.6. The monoisotopic (exact) mass is 464 g/mol. The third-order valence-corrected chi connectivity index (χ3v) is 5.74. The summed E-state index contributed by atoms with van der Waals surface area (Å²) in [6.45, 7) is 0.295. The molecule has 0 aliphatic carbocycles. The average Bonchev–Trinajstić information content (AvgIpc) is 2.68. The highest BCUT2D eigenvalue weighted by Crippen LogP contribution is 2.38. The first kappa shape index (κ1) is 23.1. The van der Waals surface area contributed by atoms with E-state index < -0.39 is 6.29 Å². The van der Waals surface area contributed by atoms with Crippen molar-refractivity contribution in [1.29, 1.82) is 0 Å². The van der Waals surface area contributed by atoms with Gasteiger partial charge in [-0.3, -0.25) is 0 Å². The Morgan fingerprint density at radius 3 is 2.07 bits per heavy atom. The number of likely N-dealkylation sites (N-methyl/N-ethyl adjacent to an activating group) is 1. The molecule has 2 aromatic rings. The summed E-state index contributed by atoms with van der Waals surface area (Å²) in [5.74, 6) is 0. The Kier molecular flexibility index (Phi) is 8.68. The number of urea groups is 1. The van der Waals surface area contributed by atoms with Gasteiger partial charge in [-0.15, -0.1) is 0 Å². The van der Waals surface area contributed by atoms with Crippen LogP contribution in [0, 0.1) is 0 Å². The number of benzene rings is 2. The van der Waals surface area contributed by atoms with Gasteiger partial charge in [0, 0.05) is 33.4 Å². The van der Waals surface area contributed by atoms with E-state index in [-0.39, 0.29) is 6.03 Å². The van der Waals surface area contributed by atoms with E-state index in [1.165, 1.54) is 25.2 Å². The molecule has 152 valence electrons. The third kappa shape index (κ3) is 5.89. The zero-order valence-electron chi connectivity index (χ0n) is 15.6. The molecule has 0 bridgehead atoms.